The second-order valence-electron chi connectivity index (χ2n) is 4.73. The topological polar surface area (TPSA) is 90.7 Å². The zero-order valence-electron chi connectivity index (χ0n) is 13.1. The molecule has 122 valence electrons. The Hall–Kier alpha value is -2.54. The van der Waals surface area contributed by atoms with Crippen LogP contribution in [0.3, 0.4) is 0 Å². The number of carbonyl (C=O) groups excluding carboxylic acids is 2. The van der Waals surface area contributed by atoms with Crippen LogP contribution in [0.25, 0.3) is 0 Å². The monoisotopic (exact) mass is 334 g/mol. The van der Waals surface area contributed by atoms with Crippen LogP contribution in [0.4, 0.5) is 5.00 Å². The Morgan fingerprint density at radius 3 is 2.22 bits per heavy atom. The fourth-order valence-corrected chi connectivity index (χ4v) is 3.00. The molecule has 6 nitrogen and oxygen atoms in total. The van der Waals surface area contributed by atoms with Gasteiger partial charge in [-0.2, -0.15) is 0 Å². The number of anilines is 1. The number of methoxy groups -OCH3 is 2. The number of thiophene rings is 1. The van der Waals surface area contributed by atoms with Crippen LogP contribution in [0.5, 0.6) is 11.5 Å². The van der Waals surface area contributed by atoms with Gasteiger partial charge >= 0.3 is 0 Å². The van der Waals surface area contributed by atoms with Gasteiger partial charge in [0.2, 0.25) is 0 Å². The van der Waals surface area contributed by atoms with E-state index in [9.17, 15) is 9.59 Å². The molecule has 23 heavy (non-hydrogen) atoms. The Morgan fingerprint density at radius 1 is 1.13 bits per heavy atom. The molecule has 1 aromatic carbocycles. The van der Waals surface area contributed by atoms with Crippen molar-refractivity contribution >= 4 is 28.2 Å². The number of hydrogen-bond acceptors (Lipinski definition) is 5. The molecular formula is C16H18N2O4S. The summed E-state index contributed by atoms with van der Waals surface area (Å²) in [4.78, 5) is 24.9. The number of ether oxygens (including phenoxy) is 2. The summed E-state index contributed by atoms with van der Waals surface area (Å²) in [7, 11) is 3.02. The smallest absolute Gasteiger partial charge is 0.256 e. The molecule has 3 N–H and O–H groups in total. The second kappa shape index (κ2) is 7.15. The van der Waals surface area contributed by atoms with Crippen molar-refractivity contribution in [3.63, 3.8) is 0 Å². The summed E-state index contributed by atoms with van der Waals surface area (Å²) in [5.41, 5.74) is 6.04. The van der Waals surface area contributed by atoms with Crippen molar-refractivity contribution in [2.24, 2.45) is 5.73 Å². The fraction of sp³-hybridized carbons (Fsp3) is 0.250. The maximum absolute atomic E-state index is 12.5. The van der Waals surface area contributed by atoms with E-state index in [-0.39, 0.29) is 5.91 Å². The van der Waals surface area contributed by atoms with E-state index >= 15 is 0 Å². The van der Waals surface area contributed by atoms with Crippen LogP contribution in [0.1, 0.15) is 32.5 Å². The molecule has 0 aliphatic heterocycles. The normalized spacial score (nSPS) is 10.2. The Labute approximate surface area is 138 Å². The minimum absolute atomic E-state index is 0.315. The third-order valence-corrected chi connectivity index (χ3v) is 4.43. The lowest BCUT2D eigenvalue weighted by molar-refractivity contribution is 0.100. The first-order valence-electron chi connectivity index (χ1n) is 6.95. The molecule has 0 aliphatic rings. The van der Waals surface area contributed by atoms with Crippen molar-refractivity contribution in [3.8, 4) is 11.5 Å². The Balaban J connectivity index is 2.32. The van der Waals surface area contributed by atoms with E-state index in [1.54, 1.807) is 24.3 Å². The predicted molar refractivity (Wildman–Crippen MR) is 89.7 cm³/mol. The maximum Gasteiger partial charge on any atom is 0.256 e. The lowest BCUT2D eigenvalue weighted by atomic mass is 10.2. The molecule has 7 heteroatoms. The van der Waals surface area contributed by atoms with Crippen molar-refractivity contribution < 1.29 is 19.1 Å². The SMILES string of the molecule is CCc1cc(C(N)=O)c(NC(=O)c2cc(OC)cc(OC)c2)s1. The van der Waals surface area contributed by atoms with Gasteiger partial charge in [0.15, 0.2) is 0 Å². The highest BCUT2D eigenvalue weighted by Crippen LogP contribution is 2.29. The van der Waals surface area contributed by atoms with Crippen molar-refractivity contribution in [1.29, 1.82) is 0 Å². The highest BCUT2D eigenvalue weighted by molar-refractivity contribution is 7.16. The summed E-state index contributed by atoms with van der Waals surface area (Å²) in [5, 5.41) is 3.18. The molecule has 0 saturated heterocycles. The average Bonchev–Trinajstić information content (AvgIpc) is 2.97. The van der Waals surface area contributed by atoms with Gasteiger partial charge < -0.3 is 20.5 Å². The first kappa shape index (κ1) is 16.8. The molecule has 2 rings (SSSR count). The average molecular weight is 334 g/mol. The van der Waals surface area contributed by atoms with Gasteiger partial charge in [0.05, 0.1) is 19.8 Å². The van der Waals surface area contributed by atoms with E-state index in [2.05, 4.69) is 5.32 Å². The highest BCUT2D eigenvalue weighted by atomic mass is 32.1. The Bertz CT molecular complexity index is 717. The molecule has 2 aromatic rings. The van der Waals surface area contributed by atoms with Gasteiger partial charge in [-0.3, -0.25) is 9.59 Å². The molecule has 0 unspecified atom stereocenters. The minimum atomic E-state index is -0.570. The number of nitrogens with one attached hydrogen (secondary N) is 1. The van der Waals surface area contributed by atoms with Gasteiger partial charge in [-0.15, -0.1) is 11.3 Å². The van der Waals surface area contributed by atoms with Crippen LogP contribution >= 0.6 is 11.3 Å². The zero-order chi connectivity index (χ0) is 17.0. The van der Waals surface area contributed by atoms with Crippen molar-refractivity contribution in [1.82, 2.24) is 0 Å². The van der Waals surface area contributed by atoms with E-state index in [0.29, 0.717) is 27.6 Å². The summed E-state index contributed by atoms with van der Waals surface area (Å²) in [6.07, 6.45) is 0.758. The van der Waals surface area contributed by atoms with Crippen molar-refractivity contribution in [2.75, 3.05) is 19.5 Å². The number of nitrogens with two attached hydrogens (primary N) is 1. The molecule has 0 atom stereocenters. The third-order valence-electron chi connectivity index (χ3n) is 3.24. The van der Waals surface area contributed by atoms with E-state index in [0.717, 1.165) is 11.3 Å². The van der Waals surface area contributed by atoms with E-state index in [1.807, 2.05) is 6.92 Å². The number of benzene rings is 1. The van der Waals surface area contributed by atoms with E-state index < -0.39 is 5.91 Å². The van der Waals surface area contributed by atoms with Crippen LogP contribution in [0.2, 0.25) is 0 Å². The Kier molecular flexibility index (Phi) is 5.23. The molecule has 1 aromatic heterocycles. The lowest BCUT2D eigenvalue weighted by Gasteiger charge is -2.09. The molecule has 0 fully saturated rings. The molecule has 1 heterocycles. The van der Waals surface area contributed by atoms with E-state index in [1.165, 1.54) is 25.6 Å². The molecule has 0 bridgehead atoms. The number of amides is 2. The minimum Gasteiger partial charge on any atom is -0.497 e. The largest absolute Gasteiger partial charge is 0.497 e. The van der Waals surface area contributed by atoms with E-state index in [4.69, 9.17) is 15.2 Å². The molecule has 0 spiro atoms. The number of carbonyl (C=O) groups is 2. The van der Waals surface area contributed by atoms with Gasteiger partial charge in [0, 0.05) is 16.5 Å². The standard InChI is InChI=1S/C16H18N2O4S/c1-4-12-8-13(14(17)19)16(23-12)18-15(20)9-5-10(21-2)7-11(6-9)22-3/h5-8H,4H2,1-3H3,(H2,17,19)(H,18,20). The summed E-state index contributed by atoms with van der Waals surface area (Å²) in [6.45, 7) is 1.97. The molecule has 0 radical (unpaired) electrons. The predicted octanol–water partition coefficient (Wildman–Crippen LogP) is 2.68. The summed E-state index contributed by atoms with van der Waals surface area (Å²) in [6, 6.07) is 6.56. The first-order chi connectivity index (χ1) is 11.0. The Morgan fingerprint density at radius 2 is 1.74 bits per heavy atom. The highest BCUT2D eigenvalue weighted by Gasteiger charge is 2.17. The fourth-order valence-electron chi connectivity index (χ4n) is 2.01. The van der Waals surface area contributed by atoms with Gasteiger partial charge in [0.1, 0.15) is 16.5 Å². The molecular weight excluding hydrogens is 316 g/mol. The van der Waals surface area contributed by atoms with Gasteiger partial charge in [-0.1, -0.05) is 6.92 Å². The molecule has 0 aliphatic carbocycles. The quantitative estimate of drug-likeness (QED) is 0.850. The second-order valence-corrected chi connectivity index (χ2v) is 5.87. The summed E-state index contributed by atoms with van der Waals surface area (Å²) in [5.74, 6) is 0.0729. The lowest BCUT2D eigenvalue weighted by Crippen LogP contribution is -2.16. The number of primary amides is 1. The van der Waals surface area contributed by atoms with Gasteiger partial charge in [0.25, 0.3) is 11.8 Å². The number of rotatable bonds is 6. The number of aryl methyl sites for hydroxylation is 1. The van der Waals surface area contributed by atoms with Gasteiger partial charge in [-0.25, -0.2) is 0 Å². The van der Waals surface area contributed by atoms with Crippen LogP contribution < -0.4 is 20.5 Å². The number of hydrogen-bond donors (Lipinski definition) is 2. The van der Waals surface area contributed by atoms with Crippen molar-refractivity contribution in [3.05, 3.63) is 40.3 Å². The van der Waals surface area contributed by atoms with Crippen LogP contribution in [0.15, 0.2) is 24.3 Å². The maximum atomic E-state index is 12.5. The molecule has 2 amide bonds. The first-order valence-corrected chi connectivity index (χ1v) is 7.77. The van der Waals surface area contributed by atoms with Crippen LogP contribution in [-0.2, 0) is 6.42 Å². The van der Waals surface area contributed by atoms with Crippen LogP contribution in [0, 0.1) is 0 Å². The molecule has 0 saturated carbocycles. The zero-order valence-corrected chi connectivity index (χ0v) is 14.0. The summed E-state index contributed by atoms with van der Waals surface area (Å²) < 4.78 is 10.3. The third kappa shape index (κ3) is 3.81. The van der Waals surface area contributed by atoms with Gasteiger partial charge in [-0.05, 0) is 24.6 Å². The van der Waals surface area contributed by atoms with Crippen molar-refractivity contribution in [2.45, 2.75) is 13.3 Å². The summed E-state index contributed by atoms with van der Waals surface area (Å²) >= 11 is 1.34. The van der Waals surface area contributed by atoms with Crippen LogP contribution in [-0.4, -0.2) is 26.0 Å².